The molecule has 1 fully saturated rings. The number of imidazole rings is 1. The van der Waals surface area contributed by atoms with Crippen LogP contribution >= 0.6 is 0 Å². The topological polar surface area (TPSA) is 102 Å². The third-order valence-corrected chi connectivity index (χ3v) is 6.69. The molecule has 2 aromatic carbocycles. The predicted octanol–water partition coefficient (Wildman–Crippen LogP) is 3.88. The normalized spacial score (nSPS) is 18.6. The van der Waals surface area contributed by atoms with Crippen molar-refractivity contribution >= 4 is 16.2 Å². The molecule has 2 heterocycles. The molecule has 0 aliphatic carbocycles. The van der Waals surface area contributed by atoms with E-state index < -0.39 is 28.4 Å². The predicted molar refractivity (Wildman–Crippen MR) is 117 cm³/mol. The van der Waals surface area contributed by atoms with Crippen LogP contribution in [-0.4, -0.2) is 42.0 Å². The van der Waals surface area contributed by atoms with Gasteiger partial charge >= 0.3 is 6.09 Å². The summed E-state index contributed by atoms with van der Waals surface area (Å²) in [4.78, 5) is 21.9. The Labute approximate surface area is 187 Å². The largest absolute Gasteiger partial charge is 0.445 e. The SMILES string of the molecule is Cc1ccc(S(=O)(=O)O[C@@H]2C[C@@H](c3ncc(C)[nH]3)N(C(=O)OCc3ccccc3)C2)cc1. The molecule has 0 spiro atoms. The molecule has 32 heavy (non-hydrogen) atoms. The summed E-state index contributed by atoms with van der Waals surface area (Å²) in [5.41, 5.74) is 2.65. The van der Waals surface area contributed by atoms with Crippen LogP contribution in [0.4, 0.5) is 4.79 Å². The molecule has 3 aromatic rings. The third-order valence-electron chi connectivity index (χ3n) is 5.31. The first-order valence-electron chi connectivity index (χ1n) is 10.3. The van der Waals surface area contributed by atoms with E-state index in [-0.39, 0.29) is 24.5 Å². The van der Waals surface area contributed by atoms with E-state index in [9.17, 15) is 13.2 Å². The maximum Gasteiger partial charge on any atom is 0.410 e. The Kier molecular flexibility index (Phi) is 6.29. The lowest BCUT2D eigenvalue weighted by Gasteiger charge is -2.22. The summed E-state index contributed by atoms with van der Waals surface area (Å²) in [6, 6.07) is 15.3. The van der Waals surface area contributed by atoms with Crippen LogP contribution in [0.2, 0.25) is 0 Å². The van der Waals surface area contributed by atoms with Crippen LogP contribution < -0.4 is 0 Å². The van der Waals surface area contributed by atoms with Gasteiger partial charge in [0.1, 0.15) is 12.4 Å². The molecule has 1 aliphatic rings. The lowest BCUT2D eigenvalue weighted by molar-refractivity contribution is 0.0880. The number of benzene rings is 2. The molecular weight excluding hydrogens is 430 g/mol. The molecule has 1 aromatic heterocycles. The Morgan fingerprint density at radius 2 is 1.84 bits per heavy atom. The molecule has 1 saturated heterocycles. The molecule has 0 bridgehead atoms. The van der Waals surface area contributed by atoms with Gasteiger partial charge in [-0.05, 0) is 31.5 Å². The fourth-order valence-corrected chi connectivity index (χ4v) is 4.75. The summed E-state index contributed by atoms with van der Waals surface area (Å²) in [6.07, 6.45) is 0.672. The molecule has 1 aliphatic heterocycles. The number of aromatic nitrogens is 2. The highest BCUT2D eigenvalue weighted by atomic mass is 32.2. The van der Waals surface area contributed by atoms with Crippen molar-refractivity contribution in [2.24, 2.45) is 0 Å². The molecule has 0 saturated carbocycles. The zero-order chi connectivity index (χ0) is 22.7. The second kappa shape index (κ2) is 9.13. The van der Waals surface area contributed by atoms with Crippen LogP contribution in [0.15, 0.2) is 65.7 Å². The van der Waals surface area contributed by atoms with Gasteiger partial charge in [-0.15, -0.1) is 0 Å². The number of nitrogens with one attached hydrogen (secondary N) is 1. The summed E-state index contributed by atoms with van der Waals surface area (Å²) < 4.78 is 36.5. The standard InChI is InChI=1S/C23H25N3O5S/c1-16-8-10-20(11-9-16)32(28,29)31-19-12-21(22-24-13-17(2)25-22)26(14-19)23(27)30-15-18-6-4-3-5-7-18/h3-11,13,19,21H,12,14-15H2,1-2H3,(H,24,25)/t19-,21+/m1/s1. The third kappa shape index (κ3) is 5.00. The van der Waals surface area contributed by atoms with Crippen molar-refractivity contribution in [3.63, 3.8) is 0 Å². The van der Waals surface area contributed by atoms with Crippen LogP contribution in [0.1, 0.15) is 35.1 Å². The minimum Gasteiger partial charge on any atom is -0.445 e. The average molecular weight is 456 g/mol. The Hall–Kier alpha value is -3.17. The second-order valence-electron chi connectivity index (χ2n) is 7.88. The fraction of sp³-hybridized carbons (Fsp3) is 0.304. The Morgan fingerprint density at radius 3 is 2.50 bits per heavy atom. The van der Waals surface area contributed by atoms with E-state index >= 15 is 0 Å². The zero-order valence-electron chi connectivity index (χ0n) is 17.9. The minimum atomic E-state index is -3.97. The van der Waals surface area contributed by atoms with Gasteiger partial charge in [0.2, 0.25) is 0 Å². The second-order valence-corrected chi connectivity index (χ2v) is 9.45. The lowest BCUT2D eigenvalue weighted by atomic mass is 10.2. The molecular formula is C23H25N3O5S. The van der Waals surface area contributed by atoms with E-state index in [2.05, 4.69) is 9.97 Å². The van der Waals surface area contributed by atoms with E-state index in [0.29, 0.717) is 5.82 Å². The summed E-state index contributed by atoms with van der Waals surface area (Å²) in [7, 11) is -3.97. The number of aromatic amines is 1. The van der Waals surface area contributed by atoms with Gasteiger partial charge in [0, 0.05) is 18.3 Å². The van der Waals surface area contributed by atoms with Crippen molar-refractivity contribution < 1.29 is 22.1 Å². The number of aryl methyl sites for hydroxylation is 2. The van der Waals surface area contributed by atoms with Gasteiger partial charge in [0.25, 0.3) is 10.1 Å². The minimum absolute atomic E-state index is 0.0725. The smallest absolute Gasteiger partial charge is 0.410 e. The number of H-pyrrole nitrogens is 1. The first-order chi connectivity index (χ1) is 15.3. The highest BCUT2D eigenvalue weighted by Gasteiger charge is 2.41. The molecule has 0 radical (unpaired) electrons. The van der Waals surface area contributed by atoms with Crippen LogP contribution in [0.5, 0.6) is 0 Å². The lowest BCUT2D eigenvalue weighted by Crippen LogP contribution is -2.33. The van der Waals surface area contributed by atoms with Gasteiger partial charge < -0.3 is 9.72 Å². The molecule has 0 unspecified atom stereocenters. The molecule has 2 atom stereocenters. The van der Waals surface area contributed by atoms with Crippen molar-refractivity contribution in [2.45, 2.75) is 43.9 Å². The van der Waals surface area contributed by atoms with Crippen molar-refractivity contribution in [3.8, 4) is 0 Å². The first kappa shape index (κ1) is 22.0. The van der Waals surface area contributed by atoms with Gasteiger partial charge in [-0.2, -0.15) is 8.42 Å². The van der Waals surface area contributed by atoms with Gasteiger partial charge in [-0.3, -0.25) is 9.08 Å². The van der Waals surface area contributed by atoms with Gasteiger partial charge in [0.05, 0.1) is 23.6 Å². The van der Waals surface area contributed by atoms with Crippen molar-refractivity contribution in [1.82, 2.24) is 14.9 Å². The van der Waals surface area contributed by atoms with Gasteiger partial charge in [-0.25, -0.2) is 9.78 Å². The number of rotatable bonds is 6. The van der Waals surface area contributed by atoms with Crippen LogP contribution in [0, 0.1) is 13.8 Å². The quantitative estimate of drug-likeness (QED) is 0.566. The van der Waals surface area contributed by atoms with E-state index in [1.807, 2.05) is 44.2 Å². The van der Waals surface area contributed by atoms with E-state index in [4.69, 9.17) is 8.92 Å². The maximum absolute atomic E-state index is 12.9. The molecule has 1 amide bonds. The number of hydrogen-bond donors (Lipinski definition) is 1. The fourth-order valence-electron chi connectivity index (χ4n) is 3.67. The number of hydrogen-bond acceptors (Lipinski definition) is 6. The monoisotopic (exact) mass is 455 g/mol. The number of carbonyl (C=O) groups excluding carboxylic acids is 1. The van der Waals surface area contributed by atoms with Crippen LogP contribution in [-0.2, 0) is 25.6 Å². The number of carbonyl (C=O) groups is 1. The molecule has 1 N–H and O–H groups in total. The molecule has 4 rings (SSSR count). The Morgan fingerprint density at radius 1 is 1.12 bits per heavy atom. The Balaban J connectivity index is 1.50. The van der Waals surface area contributed by atoms with Crippen molar-refractivity contribution in [1.29, 1.82) is 0 Å². The first-order valence-corrected chi connectivity index (χ1v) is 11.7. The van der Waals surface area contributed by atoms with E-state index in [1.165, 1.54) is 17.0 Å². The summed E-state index contributed by atoms with van der Waals surface area (Å²) >= 11 is 0. The van der Waals surface area contributed by atoms with E-state index in [1.54, 1.807) is 18.3 Å². The highest BCUT2D eigenvalue weighted by Crippen LogP contribution is 2.34. The summed E-state index contributed by atoms with van der Waals surface area (Å²) in [5.74, 6) is 0.568. The summed E-state index contributed by atoms with van der Waals surface area (Å²) in [6.45, 7) is 3.93. The Bertz CT molecular complexity index is 1180. The highest BCUT2D eigenvalue weighted by molar-refractivity contribution is 7.86. The van der Waals surface area contributed by atoms with Crippen molar-refractivity contribution in [3.05, 3.63) is 83.4 Å². The van der Waals surface area contributed by atoms with Crippen LogP contribution in [0.25, 0.3) is 0 Å². The van der Waals surface area contributed by atoms with Gasteiger partial charge in [-0.1, -0.05) is 48.0 Å². The molecule has 9 heteroatoms. The van der Waals surface area contributed by atoms with Crippen LogP contribution in [0.3, 0.4) is 0 Å². The molecule has 8 nitrogen and oxygen atoms in total. The number of ether oxygens (including phenoxy) is 1. The number of likely N-dealkylation sites (tertiary alicyclic amines) is 1. The summed E-state index contributed by atoms with van der Waals surface area (Å²) in [5, 5.41) is 0. The number of amides is 1. The maximum atomic E-state index is 12.9. The molecule has 168 valence electrons. The number of nitrogens with zero attached hydrogens (tertiary/aromatic N) is 2. The van der Waals surface area contributed by atoms with Gasteiger partial charge in [0.15, 0.2) is 0 Å². The zero-order valence-corrected chi connectivity index (χ0v) is 18.7. The van der Waals surface area contributed by atoms with Crippen molar-refractivity contribution in [2.75, 3.05) is 6.54 Å². The van der Waals surface area contributed by atoms with E-state index in [0.717, 1.165) is 16.8 Å². The average Bonchev–Trinajstić information content (AvgIpc) is 3.39.